The molecule has 2 aromatic rings. The summed E-state index contributed by atoms with van der Waals surface area (Å²) in [6.07, 6.45) is -6.57. The average molecular weight is 378 g/mol. The molecule has 0 saturated heterocycles. The van der Waals surface area contributed by atoms with Gasteiger partial charge in [0.2, 0.25) is 0 Å². The molecule has 0 fully saturated rings. The highest BCUT2D eigenvalue weighted by Gasteiger charge is 2.76. The number of aromatic nitrogens is 1. The molecule has 0 bridgehead atoms. The Labute approximate surface area is 131 Å². The summed E-state index contributed by atoms with van der Waals surface area (Å²) in [5.74, 6) is -15.3. The molecule has 0 aliphatic rings. The summed E-state index contributed by atoms with van der Waals surface area (Å²) in [5.41, 5.74) is 0.270. The molecule has 2 rings (SSSR count). The first-order chi connectivity index (χ1) is 10.5. The van der Waals surface area contributed by atoms with E-state index in [1.165, 1.54) is 22.0 Å². The van der Waals surface area contributed by atoms with Crippen LogP contribution in [0.1, 0.15) is 0 Å². The minimum absolute atomic E-state index is 0.270. The van der Waals surface area contributed by atoms with Crippen LogP contribution in [-0.4, -0.2) is 28.9 Å². The van der Waals surface area contributed by atoms with E-state index < -0.39 is 29.1 Å². The molecular weight excluding hydrogens is 373 g/mol. The van der Waals surface area contributed by atoms with Crippen molar-refractivity contribution in [3.8, 4) is 10.6 Å². The number of carbonyl (C=O) groups is 1. The Kier molecular flexibility index (Phi) is 4.41. The Bertz CT molecular complexity index is 694. The zero-order valence-corrected chi connectivity index (χ0v) is 12.3. The number of rotatable bonds is 4. The summed E-state index contributed by atoms with van der Waals surface area (Å²) < 4.78 is 87.8. The minimum atomic E-state index is -6.57. The fourth-order valence-corrected chi connectivity index (χ4v) is 2.83. The molecule has 0 spiro atoms. The van der Waals surface area contributed by atoms with Crippen LogP contribution in [0.25, 0.3) is 10.6 Å². The van der Waals surface area contributed by atoms with Crippen LogP contribution in [0.4, 0.5) is 35.9 Å². The van der Waals surface area contributed by atoms with Gasteiger partial charge in [0.05, 0.1) is 10.6 Å². The van der Waals surface area contributed by atoms with Gasteiger partial charge in [-0.25, -0.2) is 4.98 Å². The fourth-order valence-electron chi connectivity index (χ4n) is 1.36. The summed E-state index contributed by atoms with van der Waals surface area (Å²) >= 11 is 1.85. The van der Waals surface area contributed by atoms with E-state index in [0.29, 0.717) is 16.2 Å². The number of alkyl halides is 7. The number of thiazole rings is 1. The van der Waals surface area contributed by atoms with Crippen molar-refractivity contribution in [3.63, 3.8) is 0 Å². The quantitative estimate of drug-likeness (QED) is 0.788. The molecule has 0 aromatic carbocycles. The molecule has 0 aliphatic carbocycles. The molecule has 126 valence electrons. The first kappa shape index (κ1) is 17.7. The van der Waals surface area contributed by atoms with Gasteiger partial charge >= 0.3 is 23.9 Å². The van der Waals surface area contributed by atoms with Crippen LogP contribution in [0, 0.1) is 0 Å². The number of hydrogen-bond donors (Lipinski definition) is 1. The van der Waals surface area contributed by atoms with Gasteiger partial charge in [0.1, 0.15) is 0 Å². The van der Waals surface area contributed by atoms with E-state index in [1.54, 1.807) is 17.5 Å². The van der Waals surface area contributed by atoms with Gasteiger partial charge in [-0.1, -0.05) is 6.07 Å². The van der Waals surface area contributed by atoms with Crippen molar-refractivity contribution < 1.29 is 35.5 Å². The standard InChI is InChI=1S/C11H5F7N2OS2/c12-9(13,10(14,15)11(16,17)18)7(21)20-8-19-5(4-23-8)6-2-1-3-22-6/h1-4H,(H,19,20,21). The van der Waals surface area contributed by atoms with Gasteiger partial charge < -0.3 is 0 Å². The Hall–Kier alpha value is -1.69. The van der Waals surface area contributed by atoms with E-state index in [9.17, 15) is 35.5 Å². The summed E-state index contributed by atoms with van der Waals surface area (Å²) in [7, 11) is 0. The van der Waals surface area contributed by atoms with Crippen LogP contribution in [0.5, 0.6) is 0 Å². The van der Waals surface area contributed by atoms with Crippen molar-refractivity contribution in [1.82, 2.24) is 4.98 Å². The van der Waals surface area contributed by atoms with E-state index >= 15 is 0 Å². The topological polar surface area (TPSA) is 42.0 Å². The maximum absolute atomic E-state index is 13.2. The van der Waals surface area contributed by atoms with Crippen LogP contribution in [0.15, 0.2) is 22.9 Å². The number of amides is 1. The zero-order valence-electron chi connectivity index (χ0n) is 10.6. The van der Waals surface area contributed by atoms with Gasteiger partial charge in [-0.2, -0.15) is 30.7 Å². The normalized spacial score (nSPS) is 13.2. The Morgan fingerprint density at radius 3 is 2.26 bits per heavy atom. The lowest BCUT2D eigenvalue weighted by Crippen LogP contribution is -2.57. The van der Waals surface area contributed by atoms with E-state index in [4.69, 9.17) is 0 Å². The monoisotopic (exact) mass is 378 g/mol. The highest BCUT2D eigenvalue weighted by molar-refractivity contribution is 7.16. The maximum atomic E-state index is 13.2. The van der Waals surface area contributed by atoms with Crippen molar-refractivity contribution in [1.29, 1.82) is 0 Å². The summed E-state index contributed by atoms with van der Waals surface area (Å²) in [4.78, 5) is 15.4. The Morgan fingerprint density at radius 1 is 1.09 bits per heavy atom. The van der Waals surface area contributed by atoms with E-state index in [-0.39, 0.29) is 5.69 Å². The summed E-state index contributed by atoms with van der Waals surface area (Å²) in [5, 5.41) is 3.79. The summed E-state index contributed by atoms with van der Waals surface area (Å²) in [6.45, 7) is 0. The maximum Gasteiger partial charge on any atom is 0.460 e. The molecule has 12 heteroatoms. The van der Waals surface area contributed by atoms with Crippen LogP contribution < -0.4 is 5.32 Å². The number of thiophene rings is 1. The van der Waals surface area contributed by atoms with Gasteiger partial charge in [0, 0.05) is 5.38 Å². The number of nitrogens with zero attached hydrogens (tertiary/aromatic N) is 1. The third-order valence-electron chi connectivity index (χ3n) is 2.53. The third-order valence-corrected chi connectivity index (χ3v) is 4.18. The Morgan fingerprint density at radius 2 is 1.74 bits per heavy atom. The average Bonchev–Trinajstić information content (AvgIpc) is 3.06. The number of anilines is 1. The highest BCUT2D eigenvalue weighted by Crippen LogP contribution is 2.47. The number of nitrogens with one attached hydrogen (secondary N) is 1. The molecule has 0 unspecified atom stereocenters. The van der Waals surface area contributed by atoms with Crippen LogP contribution in [0.2, 0.25) is 0 Å². The van der Waals surface area contributed by atoms with Crippen molar-refractivity contribution in [3.05, 3.63) is 22.9 Å². The number of halogens is 7. The van der Waals surface area contributed by atoms with Gasteiger partial charge in [-0.3, -0.25) is 10.1 Å². The van der Waals surface area contributed by atoms with Crippen molar-refractivity contribution in [2.45, 2.75) is 18.0 Å². The van der Waals surface area contributed by atoms with Gasteiger partial charge in [0.25, 0.3) is 0 Å². The van der Waals surface area contributed by atoms with Crippen molar-refractivity contribution >= 4 is 33.7 Å². The minimum Gasteiger partial charge on any atom is -0.296 e. The second-order valence-electron chi connectivity index (χ2n) is 4.12. The molecule has 0 atom stereocenters. The number of hydrogen-bond acceptors (Lipinski definition) is 4. The molecule has 1 amide bonds. The lowest BCUT2D eigenvalue weighted by atomic mass is 10.1. The zero-order chi connectivity index (χ0) is 17.5. The first-order valence-electron chi connectivity index (χ1n) is 5.60. The SMILES string of the molecule is O=C(Nc1nc(-c2cccs2)cs1)C(F)(F)C(F)(F)C(F)(F)F. The molecular formula is C11H5F7N2OS2. The van der Waals surface area contributed by atoms with Gasteiger partial charge in [-0.05, 0) is 11.4 Å². The van der Waals surface area contributed by atoms with E-state index in [1.807, 2.05) is 0 Å². The number of carbonyl (C=O) groups excluding carboxylic acids is 1. The molecule has 1 N–H and O–H groups in total. The highest BCUT2D eigenvalue weighted by atomic mass is 32.1. The van der Waals surface area contributed by atoms with Crippen LogP contribution >= 0.6 is 22.7 Å². The predicted molar refractivity (Wildman–Crippen MR) is 70.0 cm³/mol. The largest absolute Gasteiger partial charge is 0.460 e. The smallest absolute Gasteiger partial charge is 0.296 e. The lowest BCUT2D eigenvalue weighted by Gasteiger charge is -2.26. The Balaban J connectivity index is 2.19. The molecule has 2 aromatic heterocycles. The van der Waals surface area contributed by atoms with Gasteiger partial charge in [0.15, 0.2) is 5.13 Å². The molecule has 3 nitrogen and oxygen atoms in total. The predicted octanol–water partition coefficient (Wildman–Crippen LogP) is 4.64. The summed E-state index contributed by atoms with van der Waals surface area (Å²) in [6, 6.07) is 3.29. The second kappa shape index (κ2) is 5.74. The molecule has 0 radical (unpaired) electrons. The molecule has 0 saturated carbocycles. The molecule has 0 aliphatic heterocycles. The van der Waals surface area contributed by atoms with Crippen molar-refractivity contribution in [2.75, 3.05) is 5.32 Å². The van der Waals surface area contributed by atoms with Crippen molar-refractivity contribution in [2.24, 2.45) is 0 Å². The van der Waals surface area contributed by atoms with E-state index in [0.717, 1.165) is 0 Å². The lowest BCUT2D eigenvalue weighted by molar-refractivity contribution is -0.343. The third kappa shape index (κ3) is 3.17. The van der Waals surface area contributed by atoms with Crippen LogP contribution in [-0.2, 0) is 4.79 Å². The molecule has 23 heavy (non-hydrogen) atoms. The fraction of sp³-hybridized carbons (Fsp3) is 0.273. The van der Waals surface area contributed by atoms with Gasteiger partial charge in [-0.15, -0.1) is 22.7 Å². The second-order valence-corrected chi connectivity index (χ2v) is 5.92. The van der Waals surface area contributed by atoms with E-state index in [2.05, 4.69) is 4.98 Å². The van der Waals surface area contributed by atoms with Crippen LogP contribution in [0.3, 0.4) is 0 Å². The first-order valence-corrected chi connectivity index (χ1v) is 7.36. The molecule has 2 heterocycles.